The molecule has 3 fully saturated rings. The Morgan fingerprint density at radius 2 is 2.21 bits per heavy atom. The molecule has 128 valence electrons. The summed E-state index contributed by atoms with van der Waals surface area (Å²) in [5.41, 5.74) is 2.65. The quantitative estimate of drug-likeness (QED) is 0.765. The molecule has 1 saturated carbocycles. The number of rotatable bonds is 2. The van der Waals surface area contributed by atoms with Crippen LogP contribution in [0, 0.1) is 0 Å². The molecule has 24 heavy (non-hydrogen) atoms. The van der Waals surface area contributed by atoms with Crippen LogP contribution in [0.25, 0.3) is 0 Å². The standard InChI is InChI=1S/C18H21NO5/c1-20-11-6-13-18(17-16(11)24-17)3-4-19(13)7-9-10(18)5-12-15(14(9)21-2)23-8-22-12/h5,11,13,16-17H,3-4,6-8H2,1-2H3/t11-,13-,16+,17+,18-/m0/s1. The topological polar surface area (TPSA) is 52.7 Å². The van der Waals surface area contributed by atoms with Crippen LogP contribution in [-0.2, 0) is 21.4 Å². The van der Waals surface area contributed by atoms with E-state index in [0.717, 1.165) is 43.2 Å². The average Bonchev–Trinajstić information content (AvgIpc) is 3.20. The van der Waals surface area contributed by atoms with Crippen LogP contribution in [0.4, 0.5) is 0 Å². The fourth-order valence-corrected chi connectivity index (χ4v) is 5.77. The van der Waals surface area contributed by atoms with Gasteiger partial charge in [0.05, 0.1) is 19.3 Å². The first-order chi connectivity index (χ1) is 11.8. The highest BCUT2D eigenvalue weighted by atomic mass is 16.7. The molecule has 6 heteroatoms. The van der Waals surface area contributed by atoms with Crippen LogP contribution in [0.1, 0.15) is 24.0 Å². The third kappa shape index (κ3) is 1.40. The molecular formula is C18H21NO5. The molecule has 1 unspecified atom stereocenters. The molecule has 0 radical (unpaired) electrons. The predicted octanol–water partition coefficient (Wildman–Crippen LogP) is 1.44. The summed E-state index contributed by atoms with van der Waals surface area (Å²) >= 11 is 0. The summed E-state index contributed by atoms with van der Waals surface area (Å²) in [6.45, 7) is 2.26. The number of benzene rings is 1. The maximum atomic E-state index is 6.16. The van der Waals surface area contributed by atoms with Crippen molar-refractivity contribution >= 4 is 0 Å². The first-order valence-corrected chi connectivity index (χ1v) is 8.70. The molecule has 6 nitrogen and oxygen atoms in total. The number of methoxy groups -OCH3 is 2. The van der Waals surface area contributed by atoms with Gasteiger partial charge in [0, 0.05) is 30.7 Å². The second-order valence-electron chi connectivity index (χ2n) is 7.48. The van der Waals surface area contributed by atoms with E-state index in [9.17, 15) is 0 Å². The summed E-state index contributed by atoms with van der Waals surface area (Å²) in [7, 11) is 3.52. The molecule has 6 rings (SSSR count). The summed E-state index contributed by atoms with van der Waals surface area (Å²) in [6.07, 6.45) is 2.86. The molecular weight excluding hydrogens is 310 g/mol. The van der Waals surface area contributed by atoms with E-state index in [-0.39, 0.29) is 30.5 Å². The summed E-state index contributed by atoms with van der Waals surface area (Å²) in [4.78, 5) is 2.58. The lowest BCUT2D eigenvalue weighted by Gasteiger charge is -2.47. The second kappa shape index (κ2) is 4.36. The Bertz CT molecular complexity index is 737. The Labute approximate surface area is 140 Å². The first-order valence-electron chi connectivity index (χ1n) is 8.70. The van der Waals surface area contributed by atoms with E-state index in [0.29, 0.717) is 6.04 Å². The zero-order valence-corrected chi connectivity index (χ0v) is 13.9. The van der Waals surface area contributed by atoms with E-state index in [4.69, 9.17) is 23.7 Å². The molecule has 4 aliphatic heterocycles. The van der Waals surface area contributed by atoms with Gasteiger partial charge in [0.25, 0.3) is 0 Å². The van der Waals surface area contributed by atoms with Crippen LogP contribution in [0.15, 0.2) is 6.07 Å². The van der Waals surface area contributed by atoms with E-state index in [1.165, 1.54) is 11.1 Å². The van der Waals surface area contributed by atoms with Crippen molar-refractivity contribution in [3.8, 4) is 17.2 Å². The molecule has 0 amide bonds. The first kappa shape index (κ1) is 13.8. The maximum Gasteiger partial charge on any atom is 0.231 e. The minimum Gasteiger partial charge on any atom is -0.492 e. The fourth-order valence-electron chi connectivity index (χ4n) is 5.77. The lowest BCUT2D eigenvalue weighted by atomic mass is 9.62. The summed E-state index contributed by atoms with van der Waals surface area (Å²) < 4.78 is 29.0. The predicted molar refractivity (Wildman–Crippen MR) is 83.7 cm³/mol. The van der Waals surface area contributed by atoms with Crippen molar-refractivity contribution in [2.75, 3.05) is 27.6 Å². The van der Waals surface area contributed by atoms with Gasteiger partial charge in [-0.3, -0.25) is 4.90 Å². The van der Waals surface area contributed by atoms with E-state index in [1.807, 2.05) is 0 Å². The molecule has 2 saturated heterocycles. The van der Waals surface area contributed by atoms with Crippen molar-refractivity contribution in [3.05, 3.63) is 17.2 Å². The van der Waals surface area contributed by atoms with Gasteiger partial charge in [-0.25, -0.2) is 0 Å². The Morgan fingerprint density at radius 3 is 3.04 bits per heavy atom. The molecule has 0 aromatic heterocycles. The molecule has 1 aliphatic carbocycles. The van der Waals surface area contributed by atoms with E-state index in [2.05, 4.69) is 11.0 Å². The number of epoxide rings is 1. The Morgan fingerprint density at radius 1 is 1.29 bits per heavy atom. The number of nitrogens with zero attached hydrogens (tertiary/aromatic N) is 1. The molecule has 4 heterocycles. The SMILES string of the molecule is COc1c2c(cc3c1OCO3)[C@@]13CCN(C2)[C@H]1C[C@H](OC)[C@H]1O[C@H]13. The molecule has 1 aromatic rings. The third-order valence-electron chi connectivity index (χ3n) is 6.80. The van der Waals surface area contributed by atoms with Gasteiger partial charge in [-0.15, -0.1) is 0 Å². The zero-order chi connectivity index (χ0) is 16.1. The Hall–Kier alpha value is -1.50. The lowest BCUT2D eigenvalue weighted by Crippen LogP contribution is -2.56. The number of hydrogen-bond acceptors (Lipinski definition) is 6. The van der Waals surface area contributed by atoms with Gasteiger partial charge in [0.2, 0.25) is 12.5 Å². The fraction of sp³-hybridized carbons (Fsp3) is 0.667. The Kier molecular flexibility index (Phi) is 2.50. The van der Waals surface area contributed by atoms with E-state index < -0.39 is 0 Å². The van der Waals surface area contributed by atoms with Gasteiger partial charge >= 0.3 is 0 Å². The average molecular weight is 331 g/mol. The number of hydrogen-bond donors (Lipinski definition) is 0. The summed E-state index contributed by atoms with van der Waals surface area (Å²) in [6, 6.07) is 2.67. The van der Waals surface area contributed by atoms with E-state index >= 15 is 0 Å². The van der Waals surface area contributed by atoms with Gasteiger partial charge in [-0.1, -0.05) is 0 Å². The molecule has 2 bridgehead atoms. The molecule has 0 spiro atoms. The smallest absolute Gasteiger partial charge is 0.231 e. The number of ether oxygens (including phenoxy) is 5. The van der Waals surface area contributed by atoms with Gasteiger partial charge < -0.3 is 23.7 Å². The van der Waals surface area contributed by atoms with Crippen LogP contribution in [0.2, 0.25) is 0 Å². The highest BCUT2D eigenvalue weighted by molar-refractivity contribution is 5.64. The van der Waals surface area contributed by atoms with Crippen molar-refractivity contribution in [2.24, 2.45) is 0 Å². The van der Waals surface area contributed by atoms with Crippen molar-refractivity contribution in [1.29, 1.82) is 0 Å². The van der Waals surface area contributed by atoms with Crippen molar-refractivity contribution in [1.82, 2.24) is 4.90 Å². The second-order valence-corrected chi connectivity index (χ2v) is 7.48. The van der Waals surface area contributed by atoms with Gasteiger partial charge in [-0.05, 0) is 31.0 Å². The van der Waals surface area contributed by atoms with Crippen LogP contribution < -0.4 is 14.2 Å². The summed E-state index contributed by atoms with van der Waals surface area (Å²) in [5, 5.41) is 0. The van der Waals surface area contributed by atoms with Gasteiger partial charge in [0.1, 0.15) is 6.10 Å². The molecule has 6 atom stereocenters. The van der Waals surface area contributed by atoms with Crippen LogP contribution >= 0.6 is 0 Å². The van der Waals surface area contributed by atoms with Crippen LogP contribution in [0.5, 0.6) is 17.2 Å². The highest BCUT2D eigenvalue weighted by Crippen LogP contribution is 2.63. The zero-order valence-electron chi connectivity index (χ0n) is 13.9. The maximum absolute atomic E-state index is 6.16. The van der Waals surface area contributed by atoms with Crippen molar-refractivity contribution < 1.29 is 23.7 Å². The Balaban J connectivity index is 1.57. The van der Waals surface area contributed by atoms with Crippen molar-refractivity contribution in [2.45, 2.75) is 49.2 Å². The minimum absolute atomic E-state index is 0.0432. The van der Waals surface area contributed by atoms with E-state index in [1.54, 1.807) is 14.2 Å². The highest BCUT2D eigenvalue weighted by Gasteiger charge is 2.70. The third-order valence-corrected chi connectivity index (χ3v) is 6.80. The minimum atomic E-state index is 0.0432. The lowest BCUT2D eigenvalue weighted by molar-refractivity contribution is 0.0248. The molecule has 5 aliphatic rings. The largest absolute Gasteiger partial charge is 0.492 e. The normalized spacial score (nSPS) is 43.0. The van der Waals surface area contributed by atoms with Crippen molar-refractivity contribution in [3.63, 3.8) is 0 Å². The molecule has 1 aromatic carbocycles. The van der Waals surface area contributed by atoms with Gasteiger partial charge in [-0.2, -0.15) is 0 Å². The summed E-state index contributed by atoms with van der Waals surface area (Å²) in [5.74, 6) is 2.41. The van der Waals surface area contributed by atoms with Crippen LogP contribution in [0.3, 0.4) is 0 Å². The van der Waals surface area contributed by atoms with Crippen LogP contribution in [-0.4, -0.2) is 56.8 Å². The van der Waals surface area contributed by atoms with Gasteiger partial charge in [0.15, 0.2) is 11.5 Å². The number of fused-ring (bicyclic) bond motifs is 3. The molecule has 0 N–H and O–H groups in total. The monoisotopic (exact) mass is 331 g/mol.